The Labute approximate surface area is 162 Å². The first kappa shape index (κ1) is 18.2. The minimum absolute atomic E-state index is 0.106. The van der Waals surface area contributed by atoms with Crippen LogP contribution in [-0.2, 0) is 21.9 Å². The summed E-state index contributed by atoms with van der Waals surface area (Å²) in [5.41, 5.74) is -0.0768. The molecule has 7 nitrogen and oxygen atoms in total. The SMILES string of the molecule is CN1CC(=O)N(Cc2ccccc2)C[C@]2(O)c3ccccc3C(=O)N2CC1=O. The van der Waals surface area contributed by atoms with E-state index in [9.17, 15) is 19.5 Å². The number of fused-ring (bicyclic) bond motifs is 3. The molecule has 4 rings (SSSR count). The average molecular weight is 379 g/mol. The number of benzene rings is 2. The van der Waals surface area contributed by atoms with Crippen LogP contribution >= 0.6 is 0 Å². The fourth-order valence-corrected chi connectivity index (χ4v) is 3.80. The zero-order chi connectivity index (χ0) is 19.9. The Balaban J connectivity index is 1.78. The van der Waals surface area contributed by atoms with Gasteiger partial charge in [-0.25, -0.2) is 0 Å². The van der Waals surface area contributed by atoms with Crippen molar-refractivity contribution in [2.45, 2.75) is 12.3 Å². The number of rotatable bonds is 2. The first-order chi connectivity index (χ1) is 13.4. The third-order valence-electron chi connectivity index (χ3n) is 5.35. The molecule has 1 N–H and O–H groups in total. The number of likely N-dealkylation sites (N-methyl/N-ethyl adjacent to an activating group) is 1. The van der Waals surface area contributed by atoms with Crippen LogP contribution in [-0.4, -0.2) is 64.2 Å². The van der Waals surface area contributed by atoms with E-state index in [4.69, 9.17) is 0 Å². The van der Waals surface area contributed by atoms with Gasteiger partial charge in [-0.2, -0.15) is 0 Å². The second-order valence-electron chi connectivity index (χ2n) is 7.24. The second kappa shape index (κ2) is 6.76. The van der Waals surface area contributed by atoms with E-state index in [1.165, 1.54) is 21.7 Å². The van der Waals surface area contributed by atoms with Crippen LogP contribution < -0.4 is 0 Å². The lowest BCUT2D eigenvalue weighted by Crippen LogP contribution is -2.53. The molecule has 2 aromatic rings. The van der Waals surface area contributed by atoms with Crippen molar-refractivity contribution in [1.82, 2.24) is 14.7 Å². The standard InChI is InChI=1S/C21H21N3O4/c1-22-12-19(26)23(11-15-7-3-2-4-8-15)14-21(28)17-10-6-5-9-16(17)20(27)24(21)13-18(22)25/h2-10,28H,11-14H2,1H3/t21-/m0/s1. The maximum Gasteiger partial charge on any atom is 0.257 e. The molecular weight excluding hydrogens is 358 g/mol. The number of aliphatic hydroxyl groups is 1. The van der Waals surface area contributed by atoms with E-state index in [-0.39, 0.29) is 32.1 Å². The summed E-state index contributed by atoms with van der Waals surface area (Å²) in [6, 6.07) is 16.2. The lowest BCUT2D eigenvalue weighted by atomic mass is 10.00. The highest BCUT2D eigenvalue weighted by atomic mass is 16.3. The molecule has 0 aliphatic carbocycles. The fourth-order valence-electron chi connectivity index (χ4n) is 3.80. The minimum atomic E-state index is -1.75. The lowest BCUT2D eigenvalue weighted by molar-refractivity contribution is -0.143. The van der Waals surface area contributed by atoms with Gasteiger partial charge in [-0.05, 0) is 11.6 Å². The molecule has 0 spiro atoms. The van der Waals surface area contributed by atoms with Crippen molar-refractivity contribution in [2.24, 2.45) is 0 Å². The normalized spacial score (nSPS) is 22.5. The third kappa shape index (κ3) is 2.93. The topological polar surface area (TPSA) is 81.2 Å². The smallest absolute Gasteiger partial charge is 0.257 e. The lowest BCUT2D eigenvalue weighted by Gasteiger charge is -2.37. The first-order valence-corrected chi connectivity index (χ1v) is 9.09. The van der Waals surface area contributed by atoms with Gasteiger partial charge in [-0.3, -0.25) is 19.3 Å². The van der Waals surface area contributed by atoms with Gasteiger partial charge in [0.25, 0.3) is 5.91 Å². The van der Waals surface area contributed by atoms with Crippen molar-refractivity contribution < 1.29 is 19.5 Å². The van der Waals surface area contributed by atoms with Crippen molar-refractivity contribution in [3.63, 3.8) is 0 Å². The predicted molar refractivity (Wildman–Crippen MR) is 101 cm³/mol. The van der Waals surface area contributed by atoms with Crippen molar-refractivity contribution in [1.29, 1.82) is 0 Å². The summed E-state index contributed by atoms with van der Waals surface area (Å²) in [5, 5.41) is 11.6. The maximum atomic E-state index is 12.9. The van der Waals surface area contributed by atoms with E-state index in [2.05, 4.69) is 0 Å². The Kier molecular flexibility index (Phi) is 4.39. The van der Waals surface area contributed by atoms with Gasteiger partial charge < -0.3 is 14.9 Å². The van der Waals surface area contributed by atoms with Gasteiger partial charge in [0, 0.05) is 24.7 Å². The van der Waals surface area contributed by atoms with Gasteiger partial charge in [0.15, 0.2) is 5.72 Å². The van der Waals surface area contributed by atoms with E-state index in [1.54, 1.807) is 24.3 Å². The molecule has 2 aromatic carbocycles. The van der Waals surface area contributed by atoms with E-state index < -0.39 is 17.5 Å². The molecule has 7 heteroatoms. The summed E-state index contributed by atoms with van der Waals surface area (Å²) < 4.78 is 0. The van der Waals surface area contributed by atoms with Gasteiger partial charge in [0.2, 0.25) is 11.8 Å². The molecule has 1 atom stereocenters. The second-order valence-corrected chi connectivity index (χ2v) is 7.24. The summed E-state index contributed by atoms with van der Waals surface area (Å²) in [7, 11) is 1.53. The number of amides is 3. The van der Waals surface area contributed by atoms with Crippen molar-refractivity contribution in [2.75, 3.05) is 26.7 Å². The summed E-state index contributed by atoms with van der Waals surface area (Å²) in [5.74, 6) is -1.09. The number of β-amino-alcohol motifs (C(OH)–C–C–N with tert-alkyl or cyclic N) is 1. The van der Waals surface area contributed by atoms with Crippen LogP contribution in [0.1, 0.15) is 21.5 Å². The van der Waals surface area contributed by atoms with Gasteiger partial charge in [0.05, 0.1) is 13.1 Å². The molecule has 0 unspecified atom stereocenters. The molecular formula is C21H21N3O4. The first-order valence-electron chi connectivity index (χ1n) is 9.09. The predicted octanol–water partition coefficient (Wildman–Crippen LogP) is 0.788. The van der Waals surface area contributed by atoms with Crippen LogP contribution in [0.4, 0.5) is 0 Å². The molecule has 2 aliphatic rings. The number of carbonyl (C=O) groups excluding carboxylic acids is 3. The maximum absolute atomic E-state index is 12.9. The van der Waals surface area contributed by atoms with Crippen LogP contribution in [0.2, 0.25) is 0 Å². The zero-order valence-electron chi connectivity index (χ0n) is 15.5. The zero-order valence-corrected chi connectivity index (χ0v) is 15.5. The highest BCUT2D eigenvalue weighted by Crippen LogP contribution is 2.38. The van der Waals surface area contributed by atoms with Crippen LogP contribution in [0.3, 0.4) is 0 Å². The Morgan fingerprint density at radius 1 is 0.929 bits per heavy atom. The largest absolute Gasteiger partial charge is 0.365 e. The third-order valence-corrected chi connectivity index (χ3v) is 5.35. The molecule has 0 bridgehead atoms. The Hall–Kier alpha value is -3.19. The summed E-state index contributed by atoms with van der Waals surface area (Å²) >= 11 is 0. The van der Waals surface area contributed by atoms with Crippen molar-refractivity contribution in [3.8, 4) is 0 Å². The van der Waals surface area contributed by atoms with E-state index in [0.29, 0.717) is 11.1 Å². The fraction of sp³-hybridized carbons (Fsp3) is 0.286. The summed E-state index contributed by atoms with van der Waals surface area (Å²) in [6.45, 7) is -0.225. The Morgan fingerprint density at radius 2 is 1.61 bits per heavy atom. The molecule has 3 amide bonds. The highest BCUT2D eigenvalue weighted by molar-refractivity contribution is 6.02. The molecule has 1 saturated heterocycles. The van der Waals surface area contributed by atoms with Crippen LogP contribution in [0.5, 0.6) is 0 Å². The number of hydrogen-bond donors (Lipinski definition) is 1. The monoisotopic (exact) mass is 379 g/mol. The molecule has 1 fully saturated rings. The molecule has 0 radical (unpaired) electrons. The minimum Gasteiger partial charge on any atom is -0.365 e. The molecule has 0 saturated carbocycles. The Bertz CT molecular complexity index is 946. The van der Waals surface area contributed by atoms with Gasteiger partial charge >= 0.3 is 0 Å². The molecule has 0 aromatic heterocycles. The van der Waals surface area contributed by atoms with Gasteiger partial charge in [0.1, 0.15) is 6.54 Å². The van der Waals surface area contributed by atoms with E-state index >= 15 is 0 Å². The summed E-state index contributed by atoms with van der Waals surface area (Å²) in [6.07, 6.45) is 0. The molecule has 2 aliphatic heterocycles. The highest BCUT2D eigenvalue weighted by Gasteiger charge is 2.51. The quantitative estimate of drug-likeness (QED) is 0.837. The van der Waals surface area contributed by atoms with Crippen molar-refractivity contribution in [3.05, 3.63) is 71.3 Å². The van der Waals surface area contributed by atoms with E-state index in [0.717, 1.165) is 5.56 Å². The van der Waals surface area contributed by atoms with Crippen LogP contribution in [0.15, 0.2) is 54.6 Å². The summed E-state index contributed by atoms with van der Waals surface area (Å²) in [4.78, 5) is 42.4. The van der Waals surface area contributed by atoms with Gasteiger partial charge in [-0.15, -0.1) is 0 Å². The Morgan fingerprint density at radius 3 is 2.36 bits per heavy atom. The number of carbonyl (C=O) groups is 3. The molecule has 144 valence electrons. The van der Waals surface area contributed by atoms with Crippen LogP contribution in [0.25, 0.3) is 0 Å². The van der Waals surface area contributed by atoms with Crippen molar-refractivity contribution >= 4 is 17.7 Å². The number of nitrogens with zero attached hydrogens (tertiary/aromatic N) is 3. The number of hydrogen-bond acceptors (Lipinski definition) is 4. The van der Waals surface area contributed by atoms with Gasteiger partial charge in [-0.1, -0.05) is 48.5 Å². The molecule has 28 heavy (non-hydrogen) atoms. The average Bonchev–Trinajstić information content (AvgIpc) is 2.91. The molecule has 2 heterocycles. The van der Waals surface area contributed by atoms with Crippen LogP contribution in [0, 0.1) is 0 Å². The van der Waals surface area contributed by atoms with E-state index in [1.807, 2.05) is 30.3 Å².